The zero-order valence-corrected chi connectivity index (χ0v) is 11.6. The Labute approximate surface area is 106 Å². The second kappa shape index (κ2) is 5.77. The van der Waals surface area contributed by atoms with Crippen LogP contribution in [-0.2, 0) is 0 Å². The highest BCUT2D eigenvalue weighted by Gasteiger charge is 2.33. The molecule has 2 aliphatic rings. The maximum absolute atomic E-state index is 4.60. The zero-order valence-electron chi connectivity index (χ0n) is 10.7. The summed E-state index contributed by atoms with van der Waals surface area (Å²) in [7, 11) is 2.32. The quantitative estimate of drug-likeness (QED) is 0.720. The summed E-state index contributed by atoms with van der Waals surface area (Å²) in [6.45, 7) is 2.61. The molecule has 2 saturated carbocycles. The topological polar surface area (TPSA) is 3.24 Å². The molecular weight excluding hydrogens is 214 g/mol. The second-order valence-corrected chi connectivity index (χ2v) is 6.53. The van der Waals surface area contributed by atoms with E-state index in [-0.39, 0.29) is 0 Å². The van der Waals surface area contributed by atoms with E-state index in [1.54, 1.807) is 0 Å². The molecular formula is C14H27NS. The lowest BCUT2D eigenvalue weighted by atomic mass is 9.87. The van der Waals surface area contributed by atoms with Crippen LogP contribution in [0.5, 0.6) is 0 Å². The van der Waals surface area contributed by atoms with Crippen LogP contribution >= 0.6 is 12.6 Å². The van der Waals surface area contributed by atoms with Gasteiger partial charge in [-0.1, -0.05) is 25.7 Å². The van der Waals surface area contributed by atoms with Gasteiger partial charge in [-0.2, -0.15) is 12.6 Å². The highest BCUT2D eigenvalue weighted by atomic mass is 32.1. The van der Waals surface area contributed by atoms with Crippen molar-refractivity contribution < 1.29 is 0 Å². The molecule has 0 N–H and O–H groups in total. The second-order valence-electron chi connectivity index (χ2n) is 6.21. The summed E-state index contributed by atoms with van der Waals surface area (Å²) in [5, 5.41) is 0. The van der Waals surface area contributed by atoms with Crippen molar-refractivity contribution >= 4 is 12.6 Å². The van der Waals surface area contributed by atoms with Gasteiger partial charge in [0.15, 0.2) is 0 Å². The van der Waals surface area contributed by atoms with Crippen molar-refractivity contribution in [1.82, 2.24) is 4.90 Å². The van der Waals surface area contributed by atoms with Crippen molar-refractivity contribution in [2.24, 2.45) is 11.3 Å². The third kappa shape index (κ3) is 3.16. The van der Waals surface area contributed by atoms with Gasteiger partial charge >= 0.3 is 0 Å². The van der Waals surface area contributed by atoms with Crippen molar-refractivity contribution in [3.8, 4) is 0 Å². The maximum Gasteiger partial charge on any atom is 0.00429 e. The van der Waals surface area contributed by atoms with Gasteiger partial charge in [0, 0.05) is 13.1 Å². The van der Waals surface area contributed by atoms with Crippen LogP contribution in [0, 0.1) is 11.3 Å². The van der Waals surface area contributed by atoms with Crippen LogP contribution in [0.1, 0.15) is 51.4 Å². The van der Waals surface area contributed by atoms with Crippen molar-refractivity contribution in [3.63, 3.8) is 0 Å². The molecule has 0 aliphatic heterocycles. The molecule has 2 heteroatoms. The van der Waals surface area contributed by atoms with Crippen LogP contribution in [0.2, 0.25) is 0 Å². The van der Waals surface area contributed by atoms with Crippen LogP contribution in [0.4, 0.5) is 0 Å². The largest absolute Gasteiger partial charge is 0.306 e. The van der Waals surface area contributed by atoms with Crippen molar-refractivity contribution in [2.45, 2.75) is 51.4 Å². The Hall–Kier alpha value is 0.310. The lowest BCUT2D eigenvalue weighted by Gasteiger charge is -2.33. The molecule has 0 saturated heterocycles. The SMILES string of the molecule is CN(CC1CCCC1)CC1(CS)CCCC1. The molecule has 2 fully saturated rings. The molecule has 0 aromatic carbocycles. The van der Waals surface area contributed by atoms with Gasteiger partial charge in [-0.05, 0) is 49.8 Å². The van der Waals surface area contributed by atoms with Crippen molar-refractivity contribution in [2.75, 3.05) is 25.9 Å². The van der Waals surface area contributed by atoms with Gasteiger partial charge in [-0.15, -0.1) is 0 Å². The van der Waals surface area contributed by atoms with E-state index < -0.39 is 0 Å². The summed E-state index contributed by atoms with van der Waals surface area (Å²) in [4.78, 5) is 2.59. The van der Waals surface area contributed by atoms with Crippen LogP contribution in [0.15, 0.2) is 0 Å². The first kappa shape index (κ1) is 12.8. The van der Waals surface area contributed by atoms with Gasteiger partial charge in [0.05, 0.1) is 0 Å². The third-order valence-corrected chi connectivity index (χ3v) is 5.32. The summed E-state index contributed by atoms with van der Waals surface area (Å²) in [5.74, 6) is 2.07. The average molecular weight is 241 g/mol. The minimum absolute atomic E-state index is 0.552. The molecule has 2 rings (SSSR count). The number of thiol groups is 1. The van der Waals surface area contributed by atoms with E-state index in [1.807, 2.05) is 0 Å². The van der Waals surface area contributed by atoms with Crippen molar-refractivity contribution in [3.05, 3.63) is 0 Å². The molecule has 0 aromatic heterocycles. The number of hydrogen-bond donors (Lipinski definition) is 1. The Morgan fingerprint density at radius 3 is 2.31 bits per heavy atom. The summed E-state index contributed by atoms with van der Waals surface area (Å²) in [5.41, 5.74) is 0.552. The average Bonchev–Trinajstić information content (AvgIpc) is 2.90. The van der Waals surface area contributed by atoms with E-state index in [0.717, 1.165) is 11.7 Å². The summed E-state index contributed by atoms with van der Waals surface area (Å²) >= 11 is 4.60. The predicted molar refractivity (Wildman–Crippen MR) is 74.2 cm³/mol. The molecule has 0 heterocycles. The molecule has 0 spiro atoms. The Kier molecular flexibility index (Phi) is 4.60. The van der Waals surface area contributed by atoms with Crippen molar-refractivity contribution in [1.29, 1.82) is 0 Å². The lowest BCUT2D eigenvalue weighted by molar-refractivity contribution is 0.180. The predicted octanol–water partition coefficient (Wildman–Crippen LogP) is 3.60. The number of rotatable bonds is 5. The van der Waals surface area contributed by atoms with E-state index >= 15 is 0 Å². The zero-order chi connectivity index (χ0) is 11.4. The van der Waals surface area contributed by atoms with Gasteiger partial charge in [0.25, 0.3) is 0 Å². The third-order valence-electron chi connectivity index (χ3n) is 4.65. The minimum atomic E-state index is 0.552. The van der Waals surface area contributed by atoms with Gasteiger partial charge < -0.3 is 4.90 Å². The van der Waals surface area contributed by atoms with Crippen LogP contribution in [0.3, 0.4) is 0 Å². The summed E-state index contributed by atoms with van der Waals surface area (Å²) < 4.78 is 0. The van der Waals surface area contributed by atoms with Gasteiger partial charge in [-0.25, -0.2) is 0 Å². The van der Waals surface area contributed by atoms with Gasteiger partial charge in [-0.3, -0.25) is 0 Å². The fraction of sp³-hybridized carbons (Fsp3) is 1.00. The number of hydrogen-bond acceptors (Lipinski definition) is 2. The lowest BCUT2D eigenvalue weighted by Crippen LogP contribution is -2.37. The van der Waals surface area contributed by atoms with E-state index in [2.05, 4.69) is 24.6 Å². The van der Waals surface area contributed by atoms with Gasteiger partial charge in [0.2, 0.25) is 0 Å². The maximum atomic E-state index is 4.60. The van der Waals surface area contributed by atoms with Crippen LogP contribution in [-0.4, -0.2) is 30.8 Å². The molecule has 94 valence electrons. The van der Waals surface area contributed by atoms with Crippen LogP contribution < -0.4 is 0 Å². The van der Waals surface area contributed by atoms with Crippen LogP contribution in [0.25, 0.3) is 0 Å². The van der Waals surface area contributed by atoms with E-state index in [0.29, 0.717) is 5.41 Å². The number of nitrogens with zero attached hydrogens (tertiary/aromatic N) is 1. The first-order valence-corrected chi connectivity index (χ1v) is 7.67. The normalized spacial score (nSPS) is 25.7. The highest BCUT2D eigenvalue weighted by Crippen LogP contribution is 2.39. The Balaban J connectivity index is 1.78. The highest BCUT2D eigenvalue weighted by molar-refractivity contribution is 7.80. The molecule has 16 heavy (non-hydrogen) atoms. The monoisotopic (exact) mass is 241 g/mol. The van der Waals surface area contributed by atoms with E-state index in [4.69, 9.17) is 0 Å². The molecule has 0 aromatic rings. The summed E-state index contributed by atoms with van der Waals surface area (Å²) in [6.07, 6.45) is 11.6. The first-order valence-electron chi connectivity index (χ1n) is 7.03. The van der Waals surface area contributed by atoms with E-state index in [9.17, 15) is 0 Å². The Morgan fingerprint density at radius 2 is 1.75 bits per heavy atom. The fourth-order valence-corrected chi connectivity index (χ4v) is 4.18. The van der Waals surface area contributed by atoms with E-state index in [1.165, 1.54) is 64.5 Å². The molecule has 2 aliphatic carbocycles. The molecule has 0 unspecified atom stereocenters. The first-order chi connectivity index (χ1) is 7.74. The Bertz CT molecular complexity index is 205. The molecule has 0 amide bonds. The molecule has 1 nitrogen and oxygen atoms in total. The summed E-state index contributed by atoms with van der Waals surface area (Å²) in [6, 6.07) is 0. The minimum Gasteiger partial charge on any atom is -0.306 e. The molecule has 0 radical (unpaired) electrons. The Morgan fingerprint density at radius 1 is 1.12 bits per heavy atom. The molecule has 0 bridgehead atoms. The smallest absolute Gasteiger partial charge is 0.00429 e. The van der Waals surface area contributed by atoms with Gasteiger partial charge in [0.1, 0.15) is 0 Å². The standard InChI is InChI=1S/C14H27NS/c1-15(10-13-6-2-3-7-13)11-14(12-16)8-4-5-9-14/h13,16H,2-12H2,1H3. The fourth-order valence-electron chi connectivity index (χ4n) is 3.76. The molecule has 0 atom stereocenters.